The summed E-state index contributed by atoms with van der Waals surface area (Å²) in [5, 5.41) is 13.0. The minimum absolute atomic E-state index is 0.392. The molecule has 76 valence electrons. The van der Waals surface area contributed by atoms with Crippen LogP contribution < -0.4 is 5.32 Å². The molecule has 0 amide bonds. The highest BCUT2D eigenvalue weighted by atomic mass is 14.9. The van der Waals surface area contributed by atoms with Gasteiger partial charge < -0.3 is 5.32 Å². The van der Waals surface area contributed by atoms with E-state index in [0.717, 1.165) is 16.6 Å². The molecule has 2 aromatic rings. The molecule has 3 heteroatoms. The minimum atomic E-state index is 0.392. The molecule has 0 bridgehead atoms. The van der Waals surface area contributed by atoms with Crippen LogP contribution in [0, 0.1) is 23.7 Å². The third-order valence-corrected chi connectivity index (χ3v) is 2.26. The molecule has 0 aliphatic rings. The summed E-state index contributed by atoms with van der Waals surface area (Å²) in [7, 11) is 0. The van der Waals surface area contributed by atoms with E-state index in [1.54, 1.807) is 6.20 Å². The molecule has 0 unspecified atom stereocenters. The zero-order valence-electron chi connectivity index (χ0n) is 8.57. The number of benzene rings is 1. The van der Waals surface area contributed by atoms with E-state index < -0.39 is 0 Å². The van der Waals surface area contributed by atoms with E-state index >= 15 is 0 Å². The molecule has 1 N–H and O–H groups in total. The van der Waals surface area contributed by atoms with Crippen molar-refractivity contribution >= 4 is 16.6 Å². The molecule has 0 aliphatic heterocycles. The quantitative estimate of drug-likeness (QED) is 0.767. The average molecular weight is 207 g/mol. The molecule has 0 saturated heterocycles. The number of hydrogen-bond acceptors (Lipinski definition) is 3. The zero-order valence-corrected chi connectivity index (χ0v) is 8.57. The van der Waals surface area contributed by atoms with Crippen molar-refractivity contribution in [2.75, 3.05) is 11.9 Å². The summed E-state index contributed by atoms with van der Waals surface area (Å²) >= 11 is 0. The Morgan fingerprint density at radius 2 is 2.19 bits per heavy atom. The predicted octanol–water partition coefficient (Wildman–Crippen LogP) is 2.15. The number of nitriles is 1. The van der Waals surface area contributed by atoms with Crippen molar-refractivity contribution < 1.29 is 0 Å². The first kappa shape index (κ1) is 10.0. The number of fused-ring (bicyclic) bond motifs is 1. The summed E-state index contributed by atoms with van der Waals surface area (Å²) in [6, 6.07) is 9.74. The van der Waals surface area contributed by atoms with Gasteiger partial charge in [0.2, 0.25) is 0 Å². The lowest BCUT2D eigenvalue weighted by Crippen LogP contribution is -2.02. The van der Waals surface area contributed by atoms with Crippen molar-refractivity contribution in [1.29, 1.82) is 5.26 Å². The Bertz CT molecular complexity index is 603. The van der Waals surface area contributed by atoms with Crippen LogP contribution in [0.5, 0.6) is 0 Å². The van der Waals surface area contributed by atoms with Crippen molar-refractivity contribution in [2.24, 2.45) is 0 Å². The standard InChI is InChI=1S/C13H9N3/c1-2-7-15-13-10(8-14)9-16-12-6-4-3-5-11(12)13/h1,3-6,9H,7H2,(H,15,16). The largest absolute Gasteiger partial charge is 0.372 e. The highest BCUT2D eigenvalue weighted by Gasteiger charge is 2.06. The lowest BCUT2D eigenvalue weighted by atomic mass is 10.1. The Kier molecular flexibility index (Phi) is 2.71. The molecule has 3 nitrogen and oxygen atoms in total. The first-order chi connectivity index (χ1) is 7.86. The lowest BCUT2D eigenvalue weighted by molar-refractivity contribution is 1.32. The van der Waals surface area contributed by atoms with E-state index in [2.05, 4.69) is 22.3 Å². The Balaban J connectivity index is 2.65. The zero-order chi connectivity index (χ0) is 11.4. The van der Waals surface area contributed by atoms with Gasteiger partial charge >= 0.3 is 0 Å². The Hall–Kier alpha value is -2.52. The SMILES string of the molecule is C#CCNc1c(C#N)cnc2ccccc12. The summed E-state index contributed by atoms with van der Waals surface area (Å²) < 4.78 is 0. The number of aromatic nitrogens is 1. The van der Waals surface area contributed by atoms with E-state index in [9.17, 15) is 0 Å². The molecule has 0 aliphatic carbocycles. The van der Waals surface area contributed by atoms with Gasteiger partial charge in [-0.1, -0.05) is 24.1 Å². The molecule has 16 heavy (non-hydrogen) atoms. The van der Waals surface area contributed by atoms with Crippen LogP contribution in [-0.2, 0) is 0 Å². The summed E-state index contributed by atoms with van der Waals surface area (Å²) in [6.45, 7) is 0.392. The second-order valence-corrected chi connectivity index (χ2v) is 3.23. The lowest BCUT2D eigenvalue weighted by Gasteiger charge is -2.08. The summed E-state index contributed by atoms with van der Waals surface area (Å²) in [4.78, 5) is 4.21. The van der Waals surface area contributed by atoms with E-state index in [0.29, 0.717) is 12.1 Å². The van der Waals surface area contributed by atoms with Gasteiger partial charge in [-0.05, 0) is 6.07 Å². The number of terminal acetylenes is 1. The smallest absolute Gasteiger partial charge is 0.103 e. The van der Waals surface area contributed by atoms with E-state index in [4.69, 9.17) is 11.7 Å². The molecule has 2 rings (SSSR count). The third-order valence-electron chi connectivity index (χ3n) is 2.26. The summed E-state index contributed by atoms with van der Waals surface area (Å²) in [5.41, 5.74) is 2.11. The van der Waals surface area contributed by atoms with Crippen molar-refractivity contribution in [1.82, 2.24) is 4.98 Å². The molecule has 0 atom stereocenters. The second kappa shape index (κ2) is 4.33. The summed E-state index contributed by atoms with van der Waals surface area (Å²) in [5.74, 6) is 2.49. The second-order valence-electron chi connectivity index (χ2n) is 3.23. The number of hydrogen-bond donors (Lipinski definition) is 1. The van der Waals surface area contributed by atoms with E-state index in [1.807, 2.05) is 24.3 Å². The molecule has 1 heterocycles. The number of nitrogens with zero attached hydrogens (tertiary/aromatic N) is 2. The number of anilines is 1. The normalized spacial score (nSPS) is 9.38. The van der Waals surface area contributed by atoms with Gasteiger partial charge in [-0.3, -0.25) is 4.98 Å². The fraction of sp³-hybridized carbons (Fsp3) is 0.0769. The summed E-state index contributed by atoms with van der Waals surface area (Å²) in [6.07, 6.45) is 6.76. The average Bonchev–Trinajstić information content (AvgIpc) is 2.35. The Morgan fingerprint density at radius 3 is 2.94 bits per heavy atom. The Labute approximate surface area is 93.7 Å². The molecule has 0 fully saturated rings. The van der Waals surface area contributed by atoms with Crippen LogP contribution in [-0.4, -0.2) is 11.5 Å². The van der Waals surface area contributed by atoms with Crippen LogP contribution >= 0.6 is 0 Å². The van der Waals surface area contributed by atoms with Gasteiger partial charge in [-0.2, -0.15) is 5.26 Å². The third kappa shape index (κ3) is 1.67. The van der Waals surface area contributed by atoms with Gasteiger partial charge in [0.05, 0.1) is 23.3 Å². The molecule has 0 radical (unpaired) electrons. The van der Waals surface area contributed by atoms with Gasteiger partial charge in [0.25, 0.3) is 0 Å². The van der Waals surface area contributed by atoms with Crippen LogP contribution in [0.3, 0.4) is 0 Å². The number of rotatable bonds is 2. The van der Waals surface area contributed by atoms with Gasteiger partial charge in [0.1, 0.15) is 6.07 Å². The maximum absolute atomic E-state index is 9.00. The van der Waals surface area contributed by atoms with Crippen LogP contribution in [0.2, 0.25) is 0 Å². The molecule has 1 aromatic heterocycles. The maximum atomic E-state index is 9.00. The topological polar surface area (TPSA) is 48.7 Å². The van der Waals surface area contributed by atoms with Crippen LogP contribution in [0.25, 0.3) is 10.9 Å². The molecular weight excluding hydrogens is 198 g/mol. The number of para-hydroxylation sites is 1. The highest BCUT2D eigenvalue weighted by Crippen LogP contribution is 2.24. The molecule has 1 aromatic carbocycles. The monoisotopic (exact) mass is 207 g/mol. The predicted molar refractivity (Wildman–Crippen MR) is 63.8 cm³/mol. The van der Waals surface area contributed by atoms with Gasteiger partial charge in [0, 0.05) is 11.6 Å². The number of nitrogens with one attached hydrogen (secondary N) is 1. The van der Waals surface area contributed by atoms with Crippen molar-refractivity contribution in [3.63, 3.8) is 0 Å². The first-order valence-electron chi connectivity index (χ1n) is 4.82. The Morgan fingerprint density at radius 1 is 1.38 bits per heavy atom. The number of pyridine rings is 1. The fourth-order valence-electron chi connectivity index (χ4n) is 1.56. The van der Waals surface area contributed by atoms with Crippen LogP contribution in [0.1, 0.15) is 5.56 Å². The van der Waals surface area contributed by atoms with Crippen molar-refractivity contribution in [2.45, 2.75) is 0 Å². The molecule has 0 saturated carbocycles. The van der Waals surface area contributed by atoms with Crippen LogP contribution in [0.15, 0.2) is 30.5 Å². The fourth-order valence-corrected chi connectivity index (χ4v) is 1.56. The van der Waals surface area contributed by atoms with E-state index in [-0.39, 0.29) is 0 Å². The molecule has 0 spiro atoms. The van der Waals surface area contributed by atoms with Gasteiger partial charge in [-0.15, -0.1) is 6.42 Å². The van der Waals surface area contributed by atoms with Crippen molar-refractivity contribution in [3.8, 4) is 18.4 Å². The van der Waals surface area contributed by atoms with Gasteiger partial charge in [0.15, 0.2) is 0 Å². The van der Waals surface area contributed by atoms with Crippen LogP contribution in [0.4, 0.5) is 5.69 Å². The minimum Gasteiger partial charge on any atom is -0.372 e. The first-order valence-corrected chi connectivity index (χ1v) is 4.82. The van der Waals surface area contributed by atoms with Crippen molar-refractivity contribution in [3.05, 3.63) is 36.0 Å². The molecular formula is C13H9N3. The van der Waals surface area contributed by atoms with E-state index in [1.165, 1.54) is 0 Å². The highest BCUT2D eigenvalue weighted by molar-refractivity contribution is 5.93. The van der Waals surface area contributed by atoms with Gasteiger partial charge in [-0.25, -0.2) is 0 Å². The maximum Gasteiger partial charge on any atom is 0.103 e.